The maximum atomic E-state index is 11.8. The molecular formula is C11H16ClN3OS. The quantitative estimate of drug-likeness (QED) is 0.810. The summed E-state index contributed by atoms with van der Waals surface area (Å²) >= 11 is 7.25. The molecule has 1 rings (SSSR count). The van der Waals surface area contributed by atoms with Gasteiger partial charge in [0.15, 0.2) is 11.0 Å². The van der Waals surface area contributed by atoms with E-state index in [1.165, 1.54) is 0 Å². The summed E-state index contributed by atoms with van der Waals surface area (Å²) in [6.45, 7) is 4.02. The van der Waals surface area contributed by atoms with E-state index in [-0.39, 0.29) is 11.2 Å². The number of nitrogens with one attached hydrogen (secondary N) is 1. The van der Waals surface area contributed by atoms with Gasteiger partial charge in [-0.15, -0.1) is 22.0 Å². The predicted octanol–water partition coefficient (Wildman–Crippen LogP) is 2.99. The van der Waals surface area contributed by atoms with E-state index in [0.29, 0.717) is 11.0 Å². The molecule has 1 heterocycles. The first-order chi connectivity index (χ1) is 8.13. The van der Waals surface area contributed by atoms with E-state index in [9.17, 15) is 4.79 Å². The molecule has 6 heteroatoms. The van der Waals surface area contributed by atoms with E-state index in [1.807, 2.05) is 6.92 Å². The van der Waals surface area contributed by atoms with Crippen LogP contribution in [0.4, 0.5) is 5.82 Å². The van der Waals surface area contributed by atoms with Gasteiger partial charge < -0.3 is 5.32 Å². The van der Waals surface area contributed by atoms with Gasteiger partial charge in [0, 0.05) is 0 Å². The van der Waals surface area contributed by atoms with Gasteiger partial charge >= 0.3 is 0 Å². The number of halogens is 1. The number of thioether (sulfide) groups is 1. The minimum Gasteiger partial charge on any atom is -0.308 e. The second kappa shape index (κ2) is 7.50. The van der Waals surface area contributed by atoms with Crippen LogP contribution in [0, 0.1) is 0 Å². The molecule has 1 amide bonds. The molecule has 0 saturated carbocycles. The van der Waals surface area contributed by atoms with Crippen molar-refractivity contribution in [3.8, 4) is 0 Å². The average molecular weight is 274 g/mol. The zero-order valence-corrected chi connectivity index (χ0v) is 11.5. The third-order valence-electron chi connectivity index (χ3n) is 2.12. The summed E-state index contributed by atoms with van der Waals surface area (Å²) < 4.78 is 0. The Hall–Kier alpha value is -0.810. The van der Waals surface area contributed by atoms with Gasteiger partial charge in [-0.2, -0.15) is 0 Å². The second-order valence-corrected chi connectivity index (χ2v) is 5.43. The van der Waals surface area contributed by atoms with Crippen molar-refractivity contribution in [3.05, 3.63) is 17.3 Å². The topological polar surface area (TPSA) is 54.9 Å². The van der Waals surface area contributed by atoms with Crippen molar-refractivity contribution >= 4 is 35.1 Å². The van der Waals surface area contributed by atoms with Crippen LogP contribution in [0.15, 0.2) is 12.1 Å². The van der Waals surface area contributed by atoms with E-state index in [4.69, 9.17) is 11.6 Å². The zero-order chi connectivity index (χ0) is 12.7. The van der Waals surface area contributed by atoms with Gasteiger partial charge in [-0.3, -0.25) is 4.79 Å². The highest BCUT2D eigenvalue weighted by Gasteiger charge is 2.13. The molecule has 17 heavy (non-hydrogen) atoms. The first-order valence-electron chi connectivity index (χ1n) is 5.55. The first kappa shape index (κ1) is 14.3. The summed E-state index contributed by atoms with van der Waals surface area (Å²) in [5.74, 6) is 1.38. The normalized spacial score (nSPS) is 12.2. The monoisotopic (exact) mass is 273 g/mol. The molecule has 0 radical (unpaired) electrons. The molecule has 0 aliphatic heterocycles. The lowest BCUT2D eigenvalue weighted by atomic mass is 10.4. The largest absolute Gasteiger partial charge is 0.308 e. The van der Waals surface area contributed by atoms with E-state index in [2.05, 4.69) is 22.4 Å². The van der Waals surface area contributed by atoms with Gasteiger partial charge in [0.2, 0.25) is 5.91 Å². The number of hydrogen-bond acceptors (Lipinski definition) is 4. The van der Waals surface area contributed by atoms with Crippen LogP contribution >= 0.6 is 23.4 Å². The maximum Gasteiger partial charge on any atom is 0.238 e. The maximum absolute atomic E-state index is 11.8. The number of carbonyl (C=O) groups excluding carboxylic acids is 1. The number of hydrogen-bond donors (Lipinski definition) is 1. The first-order valence-corrected chi connectivity index (χ1v) is 6.98. The summed E-state index contributed by atoms with van der Waals surface area (Å²) in [6, 6.07) is 3.23. The van der Waals surface area contributed by atoms with Crippen molar-refractivity contribution in [1.29, 1.82) is 0 Å². The average Bonchev–Trinajstić information content (AvgIpc) is 2.32. The molecule has 4 nitrogen and oxygen atoms in total. The van der Waals surface area contributed by atoms with Crippen molar-refractivity contribution in [2.75, 3.05) is 11.1 Å². The molecule has 0 aromatic carbocycles. The van der Waals surface area contributed by atoms with Crippen LogP contribution in [-0.4, -0.2) is 27.1 Å². The molecule has 1 atom stereocenters. The van der Waals surface area contributed by atoms with E-state index in [0.717, 1.165) is 18.6 Å². The standard InChI is InChI=1S/C11H16ClN3OS/c1-3-4-7-17-8(2)11(16)13-10-6-5-9(12)14-15-10/h5-6,8H,3-4,7H2,1-2H3,(H,13,15,16). The van der Waals surface area contributed by atoms with Crippen LogP contribution < -0.4 is 5.32 Å². The molecule has 1 unspecified atom stereocenters. The molecule has 1 aromatic rings. The minimum atomic E-state index is -0.0842. The van der Waals surface area contributed by atoms with E-state index < -0.39 is 0 Å². The number of rotatable bonds is 6. The Morgan fingerprint density at radius 3 is 2.88 bits per heavy atom. The van der Waals surface area contributed by atoms with E-state index in [1.54, 1.807) is 23.9 Å². The Kier molecular flexibility index (Phi) is 6.29. The lowest BCUT2D eigenvalue weighted by Crippen LogP contribution is -2.23. The highest BCUT2D eigenvalue weighted by molar-refractivity contribution is 8.00. The lowest BCUT2D eigenvalue weighted by molar-refractivity contribution is -0.115. The number of nitrogens with zero attached hydrogens (tertiary/aromatic N) is 2. The van der Waals surface area contributed by atoms with Crippen molar-refractivity contribution in [1.82, 2.24) is 10.2 Å². The Balaban J connectivity index is 2.40. The third kappa shape index (κ3) is 5.37. The Labute approximate surface area is 111 Å². The van der Waals surface area contributed by atoms with Crippen LogP contribution in [0.1, 0.15) is 26.7 Å². The van der Waals surface area contributed by atoms with Gasteiger partial charge in [-0.05, 0) is 31.2 Å². The summed E-state index contributed by atoms with van der Waals surface area (Å²) in [6.07, 6.45) is 2.27. The molecule has 0 aliphatic carbocycles. The SMILES string of the molecule is CCCCSC(C)C(=O)Nc1ccc(Cl)nn1. The Bertz CT molecular complexity index is 358. The highest BCUT2D eigenvalue weighted by Crippen LogP contribution is 2.15. The molecule has 0 fully saturated rings. The summed E-state index contributed by atoms with van der Waals surface area (Å²) in [4.78, 5) is 11.8. The number of amides is 1. The van der Waals surface area contributed by atoms with Gasteiger partial charge in [0.1, 0.15) is 0 Å². The lowest BCUT2D eigenvalue weighted by Gasteiger charge is -2.10. The fraction of sp³-hybridized carbons (Fsp3) is 0.545. The fourth-order valence-electron chi connectivity index (χ4n) is 1.09. The number of anilines is 1. The van der Waals surface area contributed by atoms with Crippen LogP contribution in [0.25, 0.3) is 0 Å². The highest BCUT2D eigenvalue weighted by atomic mass is 35.5. The molecule has 1 N–H and O–H groups in total. The van der Waals surface area contributed by atoms with E-state index >= 15 is 0 Å². The molecule has 0 bridgehead atoms. The van der Waals surface area contributed by atoms with Gasteiger partial charge in [-0.25, -0.2) is 0 Å². The van der Waals surface area contributed by atoms with Crippen LogP contribution in [-0.2, 0) is 4.79 Å². The fourth-order valence-corrected chi connectivity index (χ4v) is 2.21. The summed E-state index contributed by atoms with van der Waals surface area (Å²) in [7, 11) is 0. The molecule has 1 aromatic heterocycles. The Morgan fingerprint density at radius 1 is 1.53 bits per heavy atom. The van der Waals surface area contributed by atoms with Gasteiger partial charge in [0.05, 0.1) is 5.25 Å². The minimum absolute atomic E-state index is 0.0530. The number of unbranched alkanes of at least 4 members (excludes halogenated alkanes) is 1. The van der Waals surface area contributed by atoms with Crippen molar-refractivity contribution in [2.24, 2.45) is 0 Å². The smallest absolute Gasteiger partial charge is 0.238 e. The number of aromatic nitrogens is 2. The second-order valence-electron chi connectivity index (χ2n) is 3.60. The summed E-state index contributed by atoms with van der Waals surface area (Å²) in [5.41, 5.74) is 0. The molecule has 0 spiro atoms. The molecule has 94 valence electrons. The molecule has 0 saturated heterocycles. The molecule has 0 aliphatic rings. The third-order valence-corrected chi connectivity index (χ3v) is 3.56. The van der Waals surface area contributed by atoms with Crippen molar-refractivity contribution < 1.29 is 4.79 Å². The Morgan fingerprint density at radius 2 is 2.29 bits per heavy atom. The number of carbonyl (C=O) groups is 1. The van der Waals surface area contributed by atoms with Crippen molar-refractivity contribution in [3.63, 3.8) is 0 Å². The van der Waals surface area contributed by atoms with Gasteiger partial charge in [-0.1, -0.05) is 24.9 Å². The van der Waals surface area contributed by atoms with Crippen LogP contribution in [0.5, 0.6) is 0 Å². The summed E-state index contributed by atoms with van der Waals surface area (Å²) in [5, 5.41) is 10.4. The predicted molar refractivity (Wildman–Crippen MR) is 72.5 cm³/mol. The van der Waals surface area contributed by atoms with Crippen molar-refractivity contribution in [2.45, 2.75) is 31.9 Å². The van der Waals surface area contributed by atoms with Gasteiger partial charge in [0.25, 0.3) is 0 Å². The van der Waals surface area contributed by atoms with Crippen LogP contribution in [0.3, 0.4) is 0 Å². The molecular weight excluding hydrogens is 258 g/mol. The van der Waals surface area contributed by atoms with Crippen LogP contribution in [0.2, 0.25) is 5.15 Å². The zero-order valence-electron chi connectivity index (χ0n) is 9.94.